The zero-order valence-electron chi connectivity index (χ0n) is 15.1. The highest BCUT2D eigenvalue weighted by atomic mass is 16.6. The quantitative estimate of drug-likeness (QED) is 0.438. The average Bonchev–Trinajstić information content (AvgIpc) is 2.59. The van der Waals surface area contributed by atoms with Crippen molar-refractivity contribution in [2.24, 2.45) is 5.92 Å². The summed E-state index contributed by atoms with van der Waals surface area (Å²) in [5.74, 6) is -0.0820. The first-order chi connectivity index (χ1) is 11.9. The Morgan fingerprint density at radius 1 is 0.960 bits per heavy atom. The maximum absolute atomic E-state index is 12.4. The van der Waals surface area contributed by atoms with Crippen LogP contribution in [-0.2, 0) is 22.4 Å². The van der Waals surface area contributed by atoms with Crippen molar-refractivity contribution in [1.29, 1.82) is 0 Å². The van der Waals surface area contributed by atoms with Gasteiger partial charge < -0.3 is 4.74 Å². The van der Waals surface area contributed by atoms with E-state index in [1.54, 1.807) is 0 Å². The van der Waals surface area contributed by atoms with Gasteiger partial charge in [0.15, 0.2) is 0 Å². The van der Waals surface area contributed by atoms with Gasteiger partial charge in [-0.2, -0.15) is 0 Å². The zero-order valence-corrected chi connectivity index (χ0v) is 15.1. The van der Waals surface area contributed by atoms with Crippen molar-refractivity contribution in [2.75, 3.05) is 0 Å². The SMILES string of the molecule is CC(C)(C)OC(=O)C1CCc2c(ccc3c2ccc2ccccc23)C1. The Labute approximate surface area is 148 Å². The van der Waals surface area contributed by atoms with Crippen LogP contribution in [0.2, 0.25) is 0 Å². The second-order valence-electron chi connectivity index (χ2n) is 8.06. The first-order valence-corrected chi connectivity index (χ1v) is 9.07. The van der Waals surface area contributed by atoms with Gasteiger partial charge in [0, 0.05) is 0 Å². The smallest absolute Gasteiger partial charge is 0.309 e. The molecule has 0 radical (unpaired) electrons. The van der Waals surface area contributed by atoms with Crippen LogP contribution in [0.15, 0.2) is 48.5 Å². The largest absolute Gasteiger partial charge is 0.460 e. The molecule has 0 saturated heterocycles. The van der Waals surface area contributed by atoms with E-state index in [1.807, 2.05) is 20.8 Å². The molecule has 25 heavy (non-hydrogen) atoms. The molecule has 0 bridgehead atoms. The highest BCUT2D eigenvalue weighted by Gasteiger charge is 2.29. The second-order valence-corrected chi connectivity index (χ2v) is 8.06. The average molecular weight is 332 g/mol. The fourth-order valence-electron chi connectivity index (χ4n) is 3.95. The Morgan fingerprint density at radius 3 is 2.52 bits per heavy atom. The van der Waals surface area contributed by atoms with Crippen molar-refractivity contribution in [3.8, 4) is 0 Å². The third-order valence-electron chi connectivity index (χ3n) is 5.08. The van der Waals surface area contributed by atoms with Crippen molar-refractivity contribution in [2.45, 2.75) is 45.6 Å². The predicted molar refractivity (Wildman–Crippen MR) is 103 cm³/mol. The minimum Gasteiger partial charge on any atom is -0.460 e. The van der Waals surface area contributed by atoms with Crippen molar-refractivity contribution < 1.29 is 9.53 Å². The molecule has 1 atom stereocenters. The number of aryl methyl sites for hydroxylation is 1. The molecule has 128 valence electrons. The Kier molecular flexibility index (Phi) is 3.79. The maximum atomic E-state index is 12.4. The molecule has 3 aromatic rings. The van der Waals surface area contributed by atoms with E-state index in [2.05, 4.69) is 48.5 Å². The summed E-state index contributed by atoms with van der Waals surface area (Å²) >= 11 is 0. The van der Waals surface area contributed by atoms with Crippen LogP contribution < -0.4 is 0 Å². The molecule has 4 rings (SSSR count). The van der Waals surface area contributed by atoms with Gasteiger partial charge in [-0.3, -0.25) is 4.79 Å². The van der Waals surface area contributed by atoms with E-state index in [0.29, 0.717) is 0 Å². The summed E-state index contributed by atoms with van der Waals surface area (Å²) in [6.45, 7) is 5.79. The van der Waals surface area contributed by atoms with Crippen molar-refractivity contribution >= 4 is 27.5 Å². The minimum atomic E-state index is -0.417. The first-order valence-electron chi connectivity index (χ1n) is 9.07. The van der Waals surface area contributed by atoms with E-state index >= 15 is 0 Å². The van der Waals surface area contributed by atoms with Gasteiger partial charge in [-0.05, 0) is 72.7 Å². The molecule has 1 unspecified atom stereocenters. The van der Waals surface area contributed by atoms with E-state index < -0.39 is 5.60 Å². The number of benzene rings is 3. The van der Waals surface area contributed by atoms with Crippen LogP contribution >= 0.6 is 0 Å². The van der Waals surface area contributed by atoms with E-state index in [0.717, 1.165) is 19.3 Å². The lowest BCUT2D eigenvalue weighted by atomic mass is 9.81. The van der Waals surface area contributed by atoms with Crippen LogP contribution in [0.3, 0.4) is 0 Å². The number of carbonyl (C=O) groups is 1. The lowest BCUT2D eigenvalue weighted by Gasteiger charge is -2.28. The molecule has 0 amide bonds. The van der Waals surface area contributed by atoms with Gasteiger partial charge in [0.1, 0.15) is 5.60 Å². The van der Waals surface area contributed by atoms with E-state index in [1.165, 1.54) is 32.7 Å². The van der Waals surface area contributed by atoms with Crippen LogP contribution in [0, 0.1) is 5.92 Å². The van der Waals surface area contributed by atoms with E-state index in [-0.39, 0.29) is 11.9 Å². The molecule has 1 aliphatic rings. The summed E-state index contributed by atoms with van der Waals surface area (Å²) in [7, 11) is 0. The number of rotatable bonds is 1. The highest BCUT2D eigenvalue weighted by Crippen LogP contribution is 2.35. The third-order valence-corrected chi connectivity index (χ3v) is 5.08. The minimum absolute atomic E-state index is 0.0235. The number of hydrogen-bond donors (Lipinski definition) is 0. The normalized spacial score (nSPS) is 17.5. The monoisotopic (exact) mass is 332 g/mol. The molecule has 0 spiro atoms. The third kappa shape index (κ3) is 3.02. The maximum Gasteiger partial charge on any atom is 0.309 e. The molecule has 2 heteroatoms. The van der Waals surface area contributed by atoms with Gasteiger partial charge in [-0.15, -0.1) is 0 Å². The summed E-state index contributed by atoms with van der Waals surface area (Å²) in [6.07, 6.45) is 2.59. The van der Waals surface area contributed by atoms with Crippen LogP contribution in [0.4, 0.5) is 0 Å². The van der Waals surface area contributed by atoms with Gasteiger partial charge in [0.25, 0.3) is 0 Å². The molecule has 0 N–H and O–H groups in total. The van der Waals surface area contributed by atoms with Gasteiger partial charge in [-0.25, -0.2) is 0 Å². The molecule has 0 aromatic heterocycles. The topological polar surface area (TPSA) is 26.3 Å². The van der Waals surface area contributed by atoms with Crippen molar-refractivity contribution in [3.05, 3.63) is 59.7 Å². The molecule has 3 aromatic carbocycles. The van der Waals surface area contributed by atoms with E-state index in [4.69, 9.17) is 4.74 Å². The molecule has 0 heterocycles. The number of hydrogen-bond acceptors (Lipinski definition) is 2. The molecule has 0 aliphatic heterocycles. The Balaban J connectivity index is 1.72. The summed E-state index contributed by atoms with van der Waals surface area (Å²) in [6, 6.07) is 17.4. The van der Waals surface area contributed by atoms with Crippen LogP contribution in [-0.4, -0.2) is 11.6 Å². The van der Waals surface area contributed by atoms with Gasteiger partial charge >= 0.3 is 5.97 Å². The summed E-state index contributed by atoms with van der Waals surface area (Å²) in [4.78, 5) is 12.4. The lowest BCUT2D eigenvalue weighted by Crippen LogP contribution is -2.31. The van der Waals surface area contributed by atoms with Crippen LogP contribution in [0.5, 0.6) is 0 Å². The van der Waals surface area contributed by atoms with Crippen LogP contribution in [0.1, 0.15) is 38.3 Å². The van der Waals surface area contributed by atoms with Crippen LogP contribution in [0.25, 0.3) is 21.5 Å². The molecule has 0 fully saturated rings. The van der Waals surface area contributed by atoms with Gasteiger partial charge in [0.05, 0.1) is 5.92 Å². The molecule has 1 aliphatic carbocycles. The molecular weight excluding hydrogens is 308 g/mol. The molecule has 2 nitrogen and oxygen atoms in total. The van der Waals surface area contributed by atoms with Gasteiger partial charge in [0.2, 0.25) is 0 Å². The highest BCUT2D eigenvalue weighted by molar-refractivity contribution is 6.08. The fourth-order valence-corrected chi connectivity index (χ4v) is 3.95. The Morgan fingerprint density at radius 2 is 1.72 bits per heavy atom. The van der Waals surface area contributed by atoms with E-state index in [9.17, 15) is 4.79 Å². The zero-order chi connectivity index (χ0) is 17.6. The molecular formula is C23H24O2. The number of carbonyl (C=O) groups excluding carboxylic acids is 1. The number of ether oxygens (including phenoxy) is 1. The second kappa shape index (κ2) is 5.87. The summed E-state index contributed by atoms with van der Waals surface area (Å²) < 4.78 is 5.60. The predicted octanol–water partition coefficient (Wildman–Crippen LogP) is 5.44. The first kappa shape index (κ1) is 16.1. The summed E-state index contributed by atoms with van der Waals surface area (Å²) in [5, 5.41) is 5.22. The standard InChI is InChI=1S/C23H24O2/c1-23(2,3)25-22(24)17-10-11-19-16(14-17)9-13-20-18-7-5-4-6-15(18)8-12-21(19)20/h4-9,12-13,17H,10-11,14H2,1-3H3. The number of esters is 1. The van der Waals surface area contributed by atoms with Gasteiger partial charge in [-0.1, -0.05) is 48.5 Å². The Hall–Kier alpha value is -2.35. The van der Waals surface area contributed by atoms with Crippen molar-refractivity contribution in [1.82, 2.24) is 0 Å². The fraction of sp³-hybridized carbons (Fsp3) is 0.348. The lowest BCUT2D eigenvalue weighted by molar-refractivity contribution is -0.160. The number of fused-ring (bicyclic) bond motifs is 5. The van der Waals surface area contributed by atoms with Crippen molar-refractivity contribution in [3.63, 3.8) is 0 Å². The Bertz CT molecular complexity index is 963. The summed E-state index contributed by atoms with van der Waals surface area (Å²) in [5.41, 5.74) is 2.28. The molecule has 0 saturated carbocycles.